The number of ether oxygens (including phenoxy) is 1. The van der Waals surface area contributed by atoms with E-state index >= 15 is 0 Å². The zero-order chi connectivity index (χ0) is 27.1. The number of benzene rings is 1. The van der Waals surface area contributed by atoms with E-state index in [0.717, 1.165) is 61.2 Å². The van der Waals surface area contributed by atoms with Crippen molar-refractivity contribution >= 4 is 21.7 Å². The van der Waals surface area contributed by atoms with Crippen molar-refractivity contribution in [2.24, 2.45) is 5.92 Å². The third-order valence-electron chi connectivity index (χ3n) is 7.21. The Morgan fingerprint density at radius 3 is 2.71 bits per heavy atom. The molecule has 3 aromatic rings. The number of methoxy groups -OCH3 is 1. The van der Waals surface area contributed by atoms with Gasteiger partial charge in [0.1, 0.15) is 0 Å². The largest absolute Gasteiger partial charge is 0.481 e. The number of nitrogens with one attached hydrogen (secondary N) is 2. The molecule has 1 aliphatic heterocycles. The molecule has 2 aliphatic rings. The number of hydrogen-bond donors (Lipinski definition) is 2. The average Bonchev–Trinajstić information content (AvgIpc) is 3.54. The molecule has 202 valence electrons. The van der Waals surface area contributed by atoms with Gasteiger partial charge < -0.3 is 15.0 Å². The lowest BCUT2D eigenvalue weighted by atomic mass is 9.97. The van der Waals surface area contributed by atoms with Gasteiger partial charge in [-0.1, -0.05) is 19.1 Å². The number of nitrogens with zero attached hydrogens (tertiary/aromatic N) is 4. The first-order valence-corrected chi connectivity index (χ1v) is 14.3. The predicted molar refractivity (Wildman–Crippen MR) is 145 cm³/mol. The number of carbonyl (C=O) groups excluding carboxylic acids is 1. The molecule has 3 heterocycles. The van der Waals surface area contributed by atoms with Gasteiger partial charge in [0.2, 0.25) is 5.88 Å². The van der Waals surface area contributed by atoms with Crippen LogP contribution in [0.15, 0.2) is 47.8 Å². The summed E-state index contributed by atoms with van der Waals surface area (Å²) in [5.41, 5.74) is 3.92. The first-order chi connectivity index (χ1) is 18.1. The molecule has 10 nitrogen and oxygen atoms in total. The highest BCUT2D eigenvalue weighted by Crippen LogP contribution is 2.38. The number of rotatable bonds is 8. The Labute approximate surface area is 223 Å². The number of likely N-dealkylation sites (tertiary alicyclic amines) is 1. The summed E-state index contributed by atoms with van der Waals surface area (Å²) in [6, 6.07) is 8.19. The molecule has 2 amide bonds. The number of anilines is 1. The standard InChI is InChI=1S/C27H34N6O4S/c1-18-15-32(16-18)17-27(2,3)33-13-11-24(30-33)38(35,36)31-26(34)29-25-21-7-5-6-19(21)8-9-22(25)20-10-12-28-23(14-20)37-4/h8-14,18H,5-7,15-17H2,1-4H3,(H2,29,31,34). The Hall–Kier alpha value is -3.44. The summed E-state index contributed by atoms with van der Waals surface area (Å²) in [7, 11) is -2.65. The molecule has 11 heteroatoms. The van der Waals surface area contributed by atoms with Crippen LogP contribution in [0, 0.1) is 5.92 Å². The number of carbonyl (C=O) groups is 1. The topological polar surface area (TPSA) is 118 Å². The van der Waals surface area contributed by atoms with Gasteiger partial charge in [0.25, 0.3) is 10.0 Å². The predicted octanol–water partition coefficient (Wildman–Crippen LogP) is 3.64. The summed E-state index contributed by atoms with van der Waals surface area (Å²) in [4.78, 5) is 19.5. The van der Waals surface area contributed by atoms with Crippen molar-refractivity contribution < 1.29 is 17.9 Å². The Morgan fingerprint density at radius 2 is 1.97 bits per heavy atom. The van der Waals surface area contributed by atoms with Crippen LogP contribution >= 0.6 is 0 Å². The van der Waals surface area contributed by atoms with E-state index < -0.39 is 21.6 Å². The molecule has 2 N–H and O–H groups in total. The summed E-state index contributed by atoms with van der Waals surface area (Å²) >= 11 is 0. The maximum atomic E-state index is 13.1. The Balaban J connectivity index is 1.35. The second-order valence-corrected chi connectivity index (χ2v) is 12.5. The Bertz CT molecular complexity index is 1460. The lowest BCUT2D eigenvalue weighted by molar-refractivity contribution is 0.0661. The molecule has 0 spiro atoms. The van der Waals surface area contributed by atoms with Crippen LogP contribution in [-0.4, -0.2) is 60.9 Å². The maximum absolute atomic E-state index is 13.1. The number of fused-ring (bicyclic) bond motifs is 1. The molecule has 0 atom stereocenters. The number of sulfonamides is 1. The van der Waals surface area contributed by atoms with Gasteiger partial charge in [-0.05, 0) is 67.9 Å². The fraction of sp³-hybridized carbons (Fsp3) is 0.444. The summed E-state index contributed by atoms with van der Waals surface area (Å²) < 4.78 is 35.3. The second-order valence-electron chi connectivity index (χ2n) is 10.8. The molecule has 1 saturated heterocycles. The van der Waals surface area contributed by atoms with Gasteiger partial charge in [0.05, 0.1) is 18.3 Å². The summed E-state index contributed by atoms with van der Waals surface area (Å²) in [5, 5.41) is 6.95. The normalized spacial score (nSPS) is 16.1. The van der Waals surface area contributed by atoms with Crippen LogP contribution in [0.2, 0.25) is 0 Å². The number of urea groups is 1. The van der Waals surface area contributed by atoms with E-state index in [0.29, 0.717) is 17.5 Å². The molecular formula is C27H34N6O4S. The molecule has 1 fully saturated rings. The summed E-state index contributed by atoms with van der Waals surface area (Å²) in [5.74, 6) is 1.12. The zero-order valence-electron chi connectivity index (χ0n) is 22.2. The molecule has 5 rings (SSSR count). The van der Waals surface area contributed by atoms with Crippen molar-refractivity contribution in [2.45, 2.75) is 50.6 Å². The Kier molecular flexibility index (Phi) is 6.91. The van der Waals surface area contributed by atoms with E-state index in [4.69, 9.17) is 4.74 Å². The average molecular weight is 539 g/mol. The van der Waals surface area contributed by atoms with Crippen molar-refractivity contribution in [2.75, 3.05) is 32.1 Å². The zero-order valence-corrected chi connectivity index (χ0v) is 23.0. The highest BCUT2D eigenvalue weighted by molar-refractivity contribution is 7.90. The maximum Gasteiger partial charge on any atom is 0.333 e. The van der Waals surface area contributed by atoms with E-state index in [1.165, 1.54) is 6.07 Å². The van der Waals surface area contributed by atoms with Crippen LogP contribution in [0.5, 0.6) is 5.88 Å². The van der Waals surface area contributed by atoms with Crippen LogP contribution < -0.4 is 14.8 Å². The molecule has 1 aliphatic carbocycles. The van der Waals surface area contributed by atoms with Crippen LogP contribution in [0.3, 0.4) is 0 Å². The highest BCUT2D eigenvalue weighted by atomic mass is 32.2. The smallest absolute Gasteiger partial charge is 0.333 e. The lowest BCUT2D eigenvalue weighted by Crippen LogP contribution is -2.51. The molecule has 0 saturated carbocycles. The van der Waals surface area contributed by atoms with Crippen molar-refractivity contribution in [3.8, 4) is 17.0 Å². The van der Waals surface area contributed by atoms with Gasteiger partial charge in [-0.3, -0.25) is 4.68 Å². The van der Waals surface area contributed by atoms with Crippen molar-refractivity contribution in [3.05, 3.63) is 53.9 Å². The summed E-state index contributed by atoms with van der Waals surface area (Å²) in [6.45, 7) is 9.05. The highest BCUT2D eigenvalue weighted by Gasteiger charge is 2.32. The van der Waals surface area contributed by atoms with E-state index in [9.17, 15) is 13.2 Å². The van der Waals surface area contributed by atoms with Gasteiger partial charge in [-0.2, -0.15) is 13.5 Å². The minimum absolute atomic E-state index is 0.199. The second kappa shape index (κ2) is 10.0. The van der Waals surface area contributed by atoms with Crippen molar-refractivity contribution in [1.82, 2.24) is 24.4 Å². The van der Waals surface area contributed by atoms with Crippen molar-refractivity contribution in [3.63, 3.8) is 0 Å². The molecule has 1 aromatic carbocycles. The minimum Gasteiger partial charge on any atom is -0.481 e. The molecule has 2 aromatic heterocycles. The Morgan fingerprint density at radius 1 is 1.18 bits per heavy atom. The minimum atomic E-state index is -4.19. The van der Waals surface area contributed by atoms with Gasteiger partial charge in [-0.25, -0.2) is 14.5 Å². The molecule has 38 heavy (non-hydrogen) atoms. The summed E-state index contributed by atoms with van der Waals surface area (Å²) in [6.07, 6.45) is 5.96. The van der Waals surface area contributed by atoms with Crippen LogP contribution in [0.1, 0.15) is 38.3 Å². The van der Waals surface area contributed by atoms with Crippen LogP contribution in [0.4, 0.5) is 10.5 Å². The molecule has 0 unspecified atom stereocenters. The third-order valence-corrected chi connectivity index (χ3v) is 8.44. The first kappa shape index (κ1) is 26.2. The number of hydrogen-bond acceptors (Lipinski definition) is 7. The number of aryl methyl sites for hydroxylation is 1. The molecule has 0 bridgehead atoms. The van der Waals surface area contributed by atoms with Gasteiger partial charge >= 0.3 is 6.03 Å². The van der Waals surface area contributed by atoms with Gasteiger partial charge in [0, 0.05) is 43.7 Å². The van der Waals surface area contributed by atoms with E-state index in [-0.39, 0.29) is 5.03 Å². The molecular weight excluding hydrogens is 504 g/mol. The van der Waals surface area contributed by atoms with Crippen LogP contribution in [0.25, 0.3) is 11.1 Å². The van der Waals surface area contributed by atoms with E-state index in [2.05, 4.69) is 38.0 Å². The lowest BCUT2D eigenvalue weighted by Gasteiger charge is -2.42. The number of aromatic nitrogens is 3. The molecule has 0 radical (unpaired) electrons. The number of pyridine rings is 1. The first-order valence-electron chi connectivity index (χ1n) is 12.8. The van der Waals surface area contributed by atoms with E-state index in [1.807, 2.05) is 26.0 Å². The fourth-order valence-electron chi connectivity index (χ4n) is 5.42. The number of amides is 2. The quantitative estimate of drug-likeness (QED) is 0.450. The van der Waals surface area contributed by atoms with E-state index in [1.54, 1.807) is 30.3 Å². The van der Waals surface area contributed by atoms with Crippen molar-refractivity contribution in [1.29, 1.82) is 0 Å². The monoisotopic (exact) mass is 538 g/mol. The third kappa shape index (κ3) is 5.25. The van der Waals surface area contributed by atoms with Gasteiger partial charge in [0.15, 0.2) is 5.03 Å². The van der Waals surface area contributed by atoms with Gasteiger partial charge in [-0.15, -0.1) is 0 Å². The SMILES string of the molecule is COc1cc(-c2ccc3c(c2NC(=O)NS(=O)(=O)c2ccn(C(C)(C)CN4CC(C)C4)n2)CCC3)ccn1. The van der Waals surface area contributed by atoms with Crippen LogP contribution in [-0.2, 0) is 28.4 Å². The fourth-order valence-corrected chi connectivity index (χ4v) is 6.25.